The van der Waals surface area contributed by atoms with E-state index in [-0.39, 0.29) is 0 Å². The second-order valence-electron chi connectivity index (χ2n) is 5.23. The summed E-state index contributed by atoms with van der Waals surface area (Å²) in [4.78, 5) is 13.2. The van der Waals surface area contributed by atoms with E-state index in [9.17, 15) is 0 Å². The Morgan fingerprint density at radius 3 is 2.77 bits per heavy atom. The molecular weight excluding hydrogens is 274 g/mol. The minimum absolute atomic E-state index is 0.719. The van der Waals surface area contributed by atoms with Crippen molar-refractivity contribution < 1.29 is 0 Å². The highest BCUT2D eigenvalue weighted by molar-refractivity contribution is 5.86. The maximum Gasteiger partial charge on any atom is 0.105 e. The SMILES string of the molecule is Cc1nccn1Cc1cn(-c2cccc3cccnc23)cn1. The van der Waals surface area contributed by atoms with Gasteiger partial charge in [0.15, 0.2) is 0 Å². The summed E-state index contributed by atoms with van der Waals surface area (Å²) in [6.45, 7) is 2.71. The minimum atomic E-state index is 0.719. The van der Waals surface area contributed by atoms with Crippen LogP contribution in [-0.2, 0) is 6.54 Å². The molecular formula is C17H15N5. The Morgan fingerprint density at radius 1 is 1.00 bits per heavy atom. The summed E-state index contributed by atoms with van der Waals surface area (Å²) in [5.41, 5.74) is 3.01. The van der Waals surface area contributed by atoms with Crippen molar-refractivity contribution in [1.82, 2.24) is 24.1 Å². The zero-order valence-electron chi connectivity index (χ0n) is 12.2. The molecule has 0 radical (unpaired) electrons. The fraction of sp³-hybridized carbons (Fsp3) is 0.118. The van der Waals surface area contributed by atoms with Gasteiger partial charge >= 0.3 is 0 Å². The van der Waals surface area contributed by atoms with E-state index >= 15 is 0 Å². The molecule has 0 N–H and O–H groups in total. The average Bonchev–Trinajstić information content (AvgIpc) is 3.17. The van der Waals surface area contributed by atoms with Crippen LogP contribution in [0.5, 0.6) is 0 Å². The number of fused-ring (bicyclic) bond motifs is 1. The van der Waals surface area contributed by atoms with E-state index in [1.54, 1.807) is 6.20 Å². The van der Waals surface area contributed by atoms with Crippen LogP contribution in [0.2, 0.25) is 0 Å². The Hall–Kier alpha value is -2.95. The molecule has 3 heterocycles. The van der Waals surface area contributed by atoms with Crippen LogP contribution in [0, 0.1) is 6.92 Å². The lowest BCUT2D eigenvalue weighted by Crippen LogP contribution is -2.01. The van der Waals surface area contributed by atoms with Crippen LogP contribution in [0.4, 0.5) is 0 Å². The molecule has 4 aromatic rings. The number of nitrogens with zero attached hydrogens (tertiary/aromatic N) is 5. The third-order valence-electron chi connectivity index (χ3n) is 3.78. The molecule has 0 saturated heterocycles. The van der Waals surface area contributed by atoms with Crippen LogP contribution in [0.15, 0.2) is 61.4 Å². The van der Waals surface area contributed by atoms with Gasteiger partial charge in [-0.3, -0.25) is 4.98 Å². The smallest absolute Gasteiger partial charge is 0.105 e. The molecule has 5 heteroatoms. The van der Waals surface area contributed by atoms with E-state index < -0.39 is 0 Å². The quantitative estimate of drug-likeness (QED) is 0.582. The third kappa shape index (κ3) is 2.16. The largest absolute Gasteiger partial charge is 0.329 e. The molecule has 1 aromatic carbocycles. The number of aryl methyl sites for hydroxylation is 1. The lowest BCUT2D eigenvalue weighted by molar-refractivity contribution is 0.746. The molecule has 0 aliphatic rings. The maximum absolute atomic E-state index is 4.50. The first-order chi connectivity index (χ1) is 10.8. The van der Waals surface area contributed by atoms with E-state index in [0.29, 0.717) is 0 Å². The predicted octanol–water partition coefficient (Wildman–Crippen LogP) is 2.97. The van der Waals surface area contributed by atoms with E-state index in [1.807, 2.05) is 48.5 Å². The van der Waals surface area contributed by atoms with Gasteiger partial charge in [-0.2, -0.15) is 0 Å². The zero-order chi connectivity index (χ0) is 14.9. The predicted molar refractivity (Wildman–Crippen MR) is 84.9 cm³/mol. The Kier molecular flexibility index (Phi) is 2.96. The zero-order valence-corrected chi connectivity index (χ0v) is 12.2. The number of rotatable bonds is 3. The molecule has 3 aromatic heterocycles. The van der Waals surface area contributed by atoms with Crippen LogP contribution in [0.25, 0.3) is 16.6 Å². The monoisotopic (exact) mass is 289 g/mol. The molecule has 108 valence electrons. The first-order valence-corrected chi connectivity index (χ1v) is 7.16. The highest BCUT2D eigenvalue weighted by atomic mass is 15.1. The van der Waals surface area contributed by atoms with Gasteiger partial charge in [0.2, 0.25) is 0 Å². The standard InChI is InChI=1S/C17H15N5/c1-13-18-8-9-21(13)10-15-11-22(12-20-15)16-6-2-4-14-5-3-7-19-17(14)16/h2-9,11-12H,10H2,1H3. The number of aromatic nitrogens is 5. The molecule has 0 aliphatic carbocycles. The van der Waals surface area contributed by atoms with Gasteiger partial charge < -0.3 is 9.13 Å². The number of para-hydroxylation sites is 1. The topological polar surface area (TPSA) is 48.5 Å². The minimum Gasteiger partial charge on any atom is -0.329 e. The van der Waals surface area contributed by atoms with Gasteiger partial charge in [-0.15, -0.1) is 0 Å². The molecule has 0 bridgehead atoms. The highest BCUT2D eigenvalue weighted by Gasteiger charge is 2.07. The summed E-state index contributed by atoms with van der Waals surface area (Å²) in [6, 6.07) is 10.2. The molecule has 0 unspecified atom stereocenters. The first kappa shape index (κ1) is 12.8. The summed E-state index contributed by atoms with van der Waals surface area (Å²) in [6.07, 6.45) is 9.47. The van der Waals surface area contributed by atoms with Gasteiger partial charge in [-0.25, -0.2) is 9.97 Å². The van der Waals surface area contributed by atoms with Crippen molar-refractivity contribution in [3.63, 3.8) is 0 Å². The van der Waals surface area contributed by atoms with Gasteiger partial charge in [0.05, 0.1) is 29.8 Å². The summed E-state index contributed by atoms with van der Waals surface area (Å²) < 4.78 is 4.10. The third-order valence-corrected chi connectivity index (χ3v) is 3.78. The van der Waals surface area contributed by atoms with Crippen molar-refractivity contribution >= 4 is 10.9 Å². The summed E-state index contributed by atoms with van der Waals surface area (Å²) in [5.74, 6) is 0.987. The van der Waals surface area contributed by atoms with Crippen LogP contribution in [0.3, 0.4) is 0 Å². The van der Waals surface area contributed by atoms with Crippen molar-refractivity contribution in [1.29, 1.82) is 0 Å². The molecule has 0 amide bonds. The molecule has 0 atom stereocenters. The van der Waals surface area contributed by atoms with Crippen molar-refractivity contribution in [3.8, 4) is 5.69 Å². The molecule has 5 nitrogen and oxygen atoms in total. The van der Waals surface area contributed by atoms with Gasteiger partial charge in [-0.05, 0) is 19.1 Å². The Balaban J connectivity index is 1.73. The number of hydrogen-bond donors (Lipinski definition) is 0. The lowest BCUT2D eigenvalue weighted by Gasteiger charge is -2.06. The van der Waals surface area contributed by atoms with Gasteiger partial charge in [0, 0.05) is 30.2 Å². The van der Waals surface area contributed by atoms with E-state index in [2.05, 4.69) is 37.7 Å². The van der Waals surface area contributed by atoms with Gasteiger partial charge in [0.1, 0.15) is 5.82 Å². The molecule has 0 spiro atoms. The van der Waals surface area contributed by atoms with Crippen LogP contribution in [0.1, 0.15) is 11.5 Å². The fourth-order valence-electron chi connectivity index (χ4n) is 2.62. The van der Waals surface area contributed by atoms with E-state index in [0.717, 1.165) is 34.7 Å². The van der Waals surface area contributed by atoms with Crippen molar-refractivity contribution in [3.05, 3.63) is 73.0 Å². The number of benzene rings is 1. The Labute approximate surface area is 127 Å². The van der Waals surface area contributed by atoms with Crippen molar-refractivity contribution in [2.75, 3.05) is 0 Å². The summed E-state index contributed by atoms with van der Waals surface area (Å²) in [5, 5.41) is 1.13. The highest BCUT2D eigenvalue weighted by Crippen LogP contribution is 2.20. The van der Waals surface area contributed by atoms with Crippen molar-refractivity contribution in [2.45, 2.75) is 13.5 Å². The normalized spacial score (nSPS) is 11.1. The van der Waals surface area contributed by atoms with Gasteiger partial charge in [0.25, 0.3) is 0 Å². The summed E-state index contributed by atoms with van der Waals surface area (Å²) in [7, 11) is 0. The van der Waals surface area contributed by atoms with E-state index in [1.165, 1.54) is 0 Å². The Bertz CT molecular complexity index is 930. The Morgan fingerprint density at radius 2 is 1.91 bits per heavy atom. The lowest BCUT2D eigenvalue weighted by atomic mass is 10.2. The molecule has 0 aliphatic heterocycles. The molecule has 0 saturated carbocycles. The van der Waals surface area contributed by atoms with Crippen LogP contribution >= 0.6 is 0 Å². The number of pyridine rings is 1. The fourth-order valence-corrected chi connectivity index (χ4v) is 2.62. The van der Waals surface area contributed by atoms with Gasteiger partial charge in [-0.1, -0.05) is 18.2 Å². The number of hydrogen-bond acceptors (Lipinski definition) is 3. The maximum atomic E-state index is 4.50. The first-order valence-electron chi connectivity index (χ1n) is 7.16. The van der Waals surface area contributed by atoms with Crippen LogP contribution < -0.4 is 0 Å². The average molecular weight is 289 g/mol. The second kappa shape index (κ2) is 5.11. The number of imidazole rings is 2. The molecule has 22 heavy (non-hydrogen) atoms. The summed E-state index contributed by atoms with van der Waals surface area (Å²) >= 11 is 0. The van der Waals surface area contributed by atoms with Crippen LogP contribution in [-0.4, -0.2) is 24.1 Å². The van der Waals surface area contributed by atoms with Crippen molar-refractivity contribution in [2.24, 2.45) is 0 Å². The molecule has 4 rings (SSSR count). The van der Waals surface area contributed by atoms with E-state index in [4.69, 9.17) is 0 Å². The molecule has 0 fully saturated rings. The second-order valence-corrected chi connectivity index (χ2v) is 5.23.